The van der Waals surface area contributed by atoms with Gasteiger partial charge in [0.2, 0.25) is 0 Å². The Morgan fingerprint density at radius 1 is 1.53 bits per heavy atom. The van der Waals surface area contributed by atoms with E-state index >= 15 is 0 Å². The van der Waals surface area contributed by atoms with Gasteiger partial charge in [0.25, 0.3) is 0 Å². The number of rotatable bonds is 5. The molecular weight excluding hydrogens is 234 g/mol. The molecule has 1 heterocycles. The van der Waals surface area contributed by atoms with Crippen LogP contribution in [-0.4, -0.2) is 19.3 Å². The quantitative estimate of drug-likeness (QED) is 0.866. The molecule has 17 heavy (non-hydrogen) atoms. The molecule has 1 aromatic rings. The normalized spacial score (nSPS) is 21.6. The zero-order valence-corrected chi connectivity index (χ0v) is 11.0. The molecule has 94 valence electrons. The van der Waals surface area contributed by atoms with Crippen LogP contribution in [0.15, 0.2) is 24.3 Å². The summed E-state index contributed by atoms with van der Waals surface area (Å²) in [7, 11) is 0. The summed E-state index contributed by atoms with van der Waals surface area (Å²) >= 11 is 6.06. The number of nitrogens with one attached hydrogen (secondary N) is 1. The van der Waals surface area contributed by atoms with E-state index in [0.717, 1.165) is 37.4 Å². The van der Waals surface area contributed by atoms with Crippen LogP contribution in [0, 0.1) is 0 Å². The van der Waals surface area contributed by atoms with Gasteiger partial charge in [-0.25, -0.2) is 0 Å². The molecule has 1 fully saturated rings. The molecule has 2 atom stereocenters. The highest BCUT2D eigenvalue weighted by atomic mass is 35.5. The van der Waals surface area contributed by atoms with Gasteiger partial charge in [0.05, 0.1) is 12.1 Å². The molecule has 1 saturated heterocycles. The van der Waals surface area contributed by atoms with Gasteiger partial charge in [-0.15, -0.1) is 0 Å². The van der Waals surface area contributed by atoms with Gasteiger partial charge in [0.15, 0.2) is 0 Å². The Balaban J connectivity index is 2.13. The molecular formula is C14H20ClNO. The van der Waals surface area contributed by atoms with Crippen LogP contribution >= 0.6 is 11.6 Å². The molecule has 1 aliphatic heterocycles. The van der Waals surface area contributed by atoms with Crippen molar-refractivity contribution in [3.05, 3.63) is 34.9 Å². The fourth-order valence-corrected chi connectivity index (χ4v) is 2.53. The van der Waals surface area contributed by atoms with Crippen LogP contribution in [0.1, 0.15) is 37.8 Å². The van der Waals surface area contributed by atoms with Crippen LogP contribution in [-0.2, 0) is 4.74 Å². The molecule has 2 rings (SSSR count). The summed E-state index contributed by atoms with van der Waals surface area (Å²) in [5.41, 5.74) is 1.23. The van der Waals surface area contributed by atoms with Crippen molar-refractivity contribution in [1.82, 2.24) is 5.32 Å². The monoisotopic (exact) mass is 253 g/mol. The third kappa shape index (κ3) is 3.44. The number of ether oxygens (including phenoxy) is 1. The molecule has 0 aliphatic carbocycles. The highest BCUT2D eigenvalue weighted by molar-refractivity contribution is 6.30. The smallest absolute Gasteiger partial charge is 0.0770 e. The van der Waals surface area contributed by atoms with Crippen molar-refractivity contribution < 1.29 is 4.74 Å². The summed E-state index contributed by atoms with van der Waals surface area (Å²) in [5, 5.41) is 4.37. The fraction of sp³-hybridized carbons (Fsp3) is 0.571. The van der Waals surface area contributed by atoms with Crippen LogP contribution in [0.25, 0.3) is 0 Å². The Morgan fingerprint density at radius 3 is 3.06 bits per heavy atom. The van der Waals surface area contributed by atoms with Crippen LogP contribution in [0.5, 0.6) is 0 Å². The average Bonchev–Trinajstić information content (AvgIpc) is 2.83. The van der Waals surface area contributed by atoms with Crippen molar-refractivity contribution in [2.75, 3.05) is 13.2 Å². The van der Waals surface area contributed by atoms with E-state index in [4.69, 9.17) is 16.3 Å². The first-order valence-electron chi connectivity index (χ1n) is 6.41. The lowest BCUT2D eigenvalue weighted by Crippen LogP contribution is -2.32. The molecule has 1 N–H and O–H groups in total. The Kier molecular flexibility index (Phi) is 4.84. The van der Waals surface area contributed by atoms with E-state index in [0.29, 0.717) is 6.10 Å². The minimum Gasteiger partial charge on any atom is -0.376 e. The van der Waals surface area contributed by atoms with Gasteiger partial charge in [-0.1, -0.05) is 30.7 Å². The maximum atomic E-state index is 6.06. The molecule has 1 aliphatic rings. The first-order chi connectivity index (χ1) is 8.31. The molecule has 0 spiro atoms. The van der Waals surface area contributed by atoms with Crippen molar-refractivity contribution in [2.24, 2.45) is 0 Å². The molecule has 3 heteroatoms. The van der Waals surface area contributed by atoms with Crippen molar-refractivity contribution in [2.45, 2.75) is 38.3 Å². The Morgan fingerprint density at radius 2 is 2.41 bits per heavy atom. The predicted molar refractivity (Wildman–Crippen MR) is 71.5 cm³/mol. The lowest BCUT2D eigenvalue weighted by Gasteiger charge is -2.24. The van der Waals surface area contributed by atoms with Crippen LogP contribution < -0.4 is 5.32 Å². The van der Waals surface area contributed by atoms with Crippen molar-refractivity contribution in [1.29, 1.82) is 0 Å². The molecule has 2 unspecified atom stereocenters. The second kappa shape index (κ2) is 6.39. The van der Waals surface area contributed by atoms with E-state index in [9.17, 15) is 0 Å². The van der Waals surface area contributed by atoms with E-state index in [2.05, 4.69) is 18.3 Å². The first-order valence-corrected chi connectivity index (χ1v) is 6.79. The molecule has 0 aromatic heterocycles. The van der Waals surface area contributed by atoms with Gasteiger partial charge in [-0.2, -0.15) is 0 Å². The summed E-state index contributed by atoms with van der Waals surface area (Å²) < 4.78 is 5.80. The van der Waals surface area contributed by atoms with Gasteiger partial charge in [0.1, 0.15) is 0 Å². The average molecular weight is 254 g/mol. The molecule has 0 bridgehead atoms. The Hall–Kier alpha value is -0.570. The zero-order chi connectivity index (χ0) is 12.1. The zero-order valence-electron chi connectivity index (χ0n) is 10.3. The van der Waals surface area contributed by atoms with E-state index in [1.54, 1.807) is 0 Å². The Labute approximate surface area is 108 Å². The van der Waals surface area contributed by atoms with E-state index in [1.807, 2.05) is 18.2 Å². The first kappa shape index (κ1) is 12.9. The number of hydrogen-bond donors (Lipinski definition) is 1. The summed E-state index contributed by atoms with van der Waals surface area (Å²) in [5.74, 6) is 0. The summed E-state index contributed by atoms with van der Waals surface area (Å²) in [4.78, 5) is 0. The summed E-state index contributed by atoms with van der Waals surface area (Å²) in [6.07, 6.45) is 3.72. The van der Waals surface area contributed by atoms with Gasteiger partial charge in [-0.3, -0.25) is 0 Å². The van der Waals surface area contributed by atoms with E-state index < -0.39 is 0 Å². The summed E-state index contributed by atoms with van der Waals surface area (Å²) in [6, 6.07) is 8.36. The molecule has 1 aromatic carbocycles. The lowest BCUT2D eigenvalue weighted by atomic mass is 9.99. The maximum absolute atomic E-state index is 6.06. The molecule has 2 nitrogen and oxygen atoms in total. The topological polar surface area (TPSA) is 21.3 Å². The minimum atomic E-state index is 0.274. The van der Waals surface area contributed by atoms with Crippen molar-refractivity contribution in [3.8, 4) is 0 Å². The van der Waals surface area contributed by atoms with Gasteiger partial charge in [-0.05, 0) is 43.5 Å². The van der Waals surface area contributed by atoms with Crippen LogP contribution in [0.4, 0.5) is 0 Å². The highest BCUT2D eigenvalue weighted by Crippen LogP contribution is 2.28. The van der Waals surface area contributed by atoms with Crippen LogP contribution in [0.2, 0.25) is 5.02 Å². The number of halogens is 1. The number of benzene rings is 1. The van der Waals surface area contributed by atoms with Gasteiger partial charge >= 0.3 is 0 Å². The SMILES string of the molecule is CCCNC(c1cccc(Cl)c1)C1CCCO1. The third-order valence-corrected chi connectivity index (χ3v) is 3.39. The number of hydrogen-bond acceptors (Lipinski definition) is 2. The van der Waals surface area contributed by atoms with Crippen molar-refractivity contribution in [3.63, 3.8) is 0 Å². The highest BCUT2D eigenvalue weighted by Gasteiger charge is 2.26. The molecule has 0 amide bonds. The van der Waals surface area contributed by atoms with Crippen LogP contribution in [0.3, 0.4) is 0 Å². The molecule has 0 saturated carbocycles. The van der Waals surface area contributed by atoms with E-state index in [1.165, 1.54) is 5.56 Å². The van der Waals surface area contributed by atoms with Gasteiger partial charge in [0, 0.05) is 11.6 Å². The standard InChI is InChI=1S/C14H20ClNO/c1-2-8-16-14(13-7-4-9-17-13)11-5-3-6-12(15)10-11/h3,5-6,10,13-14,16H,2,4,7-9H2,1H3. The largest absolute Gasteiger partial charge is 0.376 e. The fourth-order valence-electron chi connectivity index (χ4n) is 2.33. The second-order valence-electron chi connectivity index (χ2n) is 4.54. The second-order valence-corrected chi connectivity index (χ2v) is 4.97. The van der Waals surface area contributed by atoms with E-state index in [-0.39, 0.29) is 6.04 Å². The Bertz CT molecular complexity index is 350. The lowest BCUT2D eigenvalue weighted by molar-refractivity contribution is 0.0783. The minimum absolute atomic E-state index is 0.274. The molecule has 0 radical (unpaired) electrons. The summed E-state index contributed by atoms with van der Waals surface area (Å²) in [6.45, 7) is 4.07. The predicted octanol–water partition coefficient (Wildman–Crippen LogP) is 3.56. The third-order valence-electron chi connectivity index (χ3n) is 3.16. The van der Waals surface area contributed by atoms with Crippen molar-refractivity contribution >= 4 is 11.6 Å². The maximum Gasteiger partial charge on any atom is 0.0770 e. The van der Waals surface area contributed by atoms with Gasteiger partial charge < -0.3 is 10.1 Å².